The van der Waals surface area contributed by atoms with E-state index in [1.165, 1.54) is 0 Å². The van der Waals surface area contributed by atoms with Crippen molar-refractivity contribution in [1.29, 1.82) is 0 Å². The summed E-state index contributed by atoms with van der Waals surface area (Å²) >= 11 is 0. The fourth-order valence-corrected chi connectivity index (χ4v) is 1.96. The van der Waals surface area contributed by atoms with Crippen molar-refractivity contribution in [2.24, 2.45) is 5.73 Å². The number of ether oxygens (including phenoxy) is 2. The van der Waals surface area contributed by atoms with Crippen LogP contribution in [0.4, 0.5) is 0 Å². The monoisotopic (exact) mass is 244 g/mol. The molecule has 1 amide bonds. The first-order chi connectivity index (χ1) is 8.21. The van der Waals surface area contributed by atoms with Crippen LogP contribution in [0.2, 0.25) is 0 Å². The molecule has 0 saturated carbocycles. The smallest absolute Gasteiger partial charge is 0.225 e. The van der Waals surface area contributed by atoms with Crippen LogP contribution in [0.15, 0.2) is 0 Å². The molecule has 0 aromatic carbocycles. The van der Waals surface area contributed by atoms with E-state index in [9.17, 15) is 4.79 Å². The second-order valence-corrected chi connectivity index (χ2v) is 4.39. The highest BCUT2D eigenvalue weighted by molar-refractivity contribution is 5.76. The molecule has 5 heteroatoms. The summed E-state index contributed by atoms with van der Waals surface area (Å²) in [6, 6.07) is 0. The molecule has 0 aliphatic carbocycles. The SMILES string of the molecule is CCC1CN(C(=O)CC(CN)OC)CCCO1. The Bertz CT molecular complexity index is 232. The van der Waals surface area contributed by atoms with Gasteiger partial charge < -0.3 is 20.1 Å². The fraction of sp³-hybridized carbons (Fsp3) is 0.917. The van der Waals surface area contributed by atoms with E-state index < -0.39 is 0 Å². The average molecular weight is 244 g/mol. The van der Waals surface area contributed by atoms with Crippen molar-refractivity contribution in [3.8, 4) is 0 Å². The van der Waals surface area contributed by atoms with Crippen molar-refractivity contribution < 1.29 is 14.3 Å². The molecule has 0 aromatic heterocycles. The Labute approximate surface area is 103 Å². The first-order valence-electron chi connectivity index (χ1n) is 6.33. The van der Waals surface area contributed by atoms with E-state index in [2.05, 4.69) is 6.92 Å². The lowest BCUT2D eigenvalue weighted by Gasteiger charge is -2.25. The van der Waals surface area contributed by atoms with Gasteiger partial charge in [0, 0.05) is 33.4 Å². The Kier molecular flexibility index (Phi) is 6.47. The molecular formula is C12H24N2O3. The molecule has 2 N–H and O–H groups in total. The molecular weight excluding hydrogens is 220 g/mol. The standard InChI is InChI=1S/C12H24N2O3/c1-3-10-9-14(5-4-6-17-10)12(15)7-11(8-13)16-2/h10-11H,3-9,13H2,1-2H3. The molecule has 2 unspecified atom stereocenters. The molecule has 2 atom stereocenters. The van der Waals surface area contributed by atoms with Gasteiger partial charge in [-0.15, -0.1) is 0 Å². The molecule has 0 bridgehead atoms. The molecule has 0 aromatic rings. The van der Waals surface area contributed by atoms with Gasteiger partial charge in [-0.05, 0) is 12.8 Å². The van der Waals surface area contributed by atoms with E-state index in [-0.39, 0.29) is 18.1 Å². The van der Waals surface area contributed by atoms with Gasteiger partial charge in [0.05, 0.1) is 18.6 Å². The maximum Gasteiger partial charge on any atom is 0.225 e. The van der Waals surface area contributed by atoms with Crippen molar-refractivity contribution in [3.05, 3.63) is 0 Å². The van der Waals surface area contributed by atoms with Crippen LogP contribution in [0, 0.1) is 0 Å². The summed E-state index contributed by atoms with van der Waals surface area (Å²) in [6.07, 6.45) is 2.20. The zero-order valence-corrected chi connectivity index (χ0v) is 10.9. The van der Waals surface area contributed by atoms with Crippen LogP contribution in [-0.4, -0.2) is 56.4 Å². The fourth-order valence-electron chi connectivity index (χ4n) is 1.96. The number of methoxy groups -OCH3 is 1. The minimum atomic E-state index is -0.174. The van der Waals surface area contributed by atoms with Gasteiger partial charge in [0.25, 0.3) is 0 Å². The molecule has 1 heterocycles. The zero-order valence-electron chi connectivity index (χ0n) is 10.9. The Hall–Kier alpha value is -0.650. The van der Waals surface area contributed by atoms with Crippen LogP contribution >= 0.6 is 0 Å². The number of carbonyl (C=O) groups is 1. The molecule has 1 fully saturated rings. The Morgan fingerprint density at radius 3 is 3.00 bits per heavy atom. The van der Waals surface area contributed by atoms with Gasteiger partial charge in [0.15, 0.2) is 0 Å². The second kappa shape index (κ2) is 7.63. The summed E-state index contributed by atoms with van der Waals surface area (Å²) < 4.78 is 10.8. The zero-order chi connectivity index (χ0) is 12.7. The molecule has 5 nitrogen and oxygen atoms in total. The predicted octanol–water partition coefficient (Wildman–Crippen LogP) is 0.378. The van der Waals surface area contributed by atoms with E-state index >= 15 is 0 Å². The normalized spacial score (nSPS) is 23.2. The quantitative estimate of drug-likeness (QED) is 0.759. The Morgan fingerprint density at radius 1 is 1.65 bits per heavy atom. The lowest BCUT2D eigenvalue weighted by molar-refractivity contribution is -0.134. The minimum absolute atomic E-state index is 0.117. The number of nitrogens with zero attached hydrogens (tertiary/aromatic N) is 1. The van der Waals surface area contributed by atoms with E-state index in [1.807, 2.05) is 4.90 Å². The topological polar surface area (TPSA) is 64.8 Å². The van der Waals surface area contributed by atoms with Gasteiger partial charge in [-0.25, -0.2) is 0 Å². The number of amides is 1. The third-order valence-electron chi connectivity index (χ3n) is 3.16. The number of rotatable bonds is 5. The summed E-state index contributed by atoms with van der Waals surface area (Å²) in [5.74, 6) is 0.117. The van der Waals surface area contributed by atoms with Crippen molar-refractivity contribution in [2.75, 3.05) is 33.4 Å². The van der Waals surface area contributed by atoms with E-state index in [0.717, 1.165) is 26.0 Å². The number of carbonyl (C=O) groups excluding carboxylic acids is 1. The van der Waals surface area contributed by atoms with Crippen LogP contribution in [0.1, 0.15) is 26.2 Å². The molecule has 100 valence electrons. The molecule has 1 aliphatic rings. The second-order valence-electron chi connectivity index (χ2n) is 4.39. The first-order valence-corrected chi connectivity index (χ1v) is 6.33. The van der Waals surface area contributed by atoms with Crippen LogP contribution in [0.5, 0.6) is 0 Å². The summed E-state index contributed by atoms with van der Waals surface area (Å²) in [5.41, 5.74) is 5.53. The number of hydrogen-bond acceptors (Lipinski definition) is 4. The van der Waals surface area contributed by atoms with E-state index in [1.54, 1.807) is 7.11 Å². The lowest BCUT2D eigenvalue weighted by atomic mass is 10.2. The third-order valence-corrected chi connectivity index (χ3v) is 3.16. The van der Waals surface area contributed by atoms with E-state index in [4.69, 9.17) is 15.2 Å². The maximum atomic E-state index is 12.1. The molecule has 1 aliphatic heterocycles. The van der Waals surface area contributed by atoms with Gasteiger partial charge in [0.2, 0.25) is 5.91 Å². The van der Waals surface area contributed by atoms with Gasteiger partial charge in [0.1, 0.15) is 0 Å². The van der Waals surface area contributed by atoms with Crippen LogP contribution in [-0.2, 0) is 14.3 Å². The Morgan fingerprint density at radius 2 is 2.41 bits per heavy atom. The molecule has 1 saturated heterocycles. The summed E-state index contributed by atoms with van der Waals surface area (Å²) in [5, 5.41) is 0. The first kappa shape index (κ1) is 14.4. The van der Waals surface area contributed by atoms with Gasteiger partial charge in [-0.3, -0.25) is 4.79 Å². The lowest BCUT2D eigenvalue weighted by Crippen LogP contribution is -2.39. The number of nitrogens with two attached hydrogens (primary N) is 1. The highest BCUT2D eigenvalue weighted by Gasteiger charge is 2.23. The van der Waals surface area contributed by atoms with Gasteiger partial charge in [-0.1, -0.05) is 6.92 Å². The molecule has 1 rings (SSSR count). The van der Waals surface area contributed by atoms with Crippen LogP contribution in [0.25, 0.3) is 0 Å². The molecule has 17 heavy (non-hydrogen) atoms. The van der Waals surface area contributed by atoms with Gasteiger partial charge >= 0.3 is 0 Å². The van der Waals surface area contributed by atoms with Crippen LogP contribution in [0.3, 0.4) is 0 Å². The summed E-state index contributed by atoms with van der Waals surface area (Å²) in [7, 11) is 1.59. The third kappa shape index (κ3) is 4.61. The van der Waals surface area contributed by atoms with Crippen molar-refractivity contribution in [1.82, 2.24) is 4.90 Å². The van der Waals surface area contributed by atoms with Crippen molar-refractivity contribution in [3.63, 3.8) is 0 Å². The van der Waals surface area contributed by atoms with E-state index in [0.29, 0.717) is 19.5 Å². The summed E-state index contributed by atoms with van der Waals surface area (Å²) in [6.45, 7) is 4.67. The predicted molar refractivity (Wildman–Crippen MR) is 65.7 cm³/mol. The van der Waals surface area contributed by atoms with Crippen molar-refractivity contribution >= 4 is 5.91 Å². The molecule has 0 spiro atoms. The molecule has 0 radical (unpaired) electrons. The van der Waals surface area contributed by atoms with Crippen molar-refractivity contribution in [2.45, 2.75) is 38.4 Å². The summed E-state index contributed by atoms with van der Waals surface area (Å²) in [4.78, 5) is 14.0. The minimum Gasteiger partial charge on any atom is -0.380 e. The largest absolute Gasteiger partial charge is 0.380 e. The van der Waals surface area contributed by atoms with Gasteiger partial charge in [-0.2, -0.15) is 0 Å². The average Bonchev–Trinajstić information content (AvgIpc) is 2.60. The maximum absolute atomic E-state index is 12.1. The number of hydrogen-bond donors (Lipinski definition) is 1. The Balaban J connectivity index is 2.48. The van der Waals surface area contributed by atoms with Crippen LogP contribution < -0.4 is 5.73 Å². The highest BCUT2D eigenvalue weighted by atomic mass is 16.5. The highest BCUT2D eigenvalue weighted by Crippen LogP contribution is 2.11.